The molecule has 0 aromatic carbocycles. The van der Waals surface area contributed by atoms with Crippen molar-refractivity contribution in [2.45, 2.75) is 20.8 Å². The molecule has 0 amide bonds. The second kappa shape index (κ2) is 4.47. The van der Waals surface area contributed by atoms with Crippen LogP contribution in [0.15, 0.2) is 35.3 Å². The monoisotopic (exact) mass is 195 g/mol. The van der Waals surface area contributed by atoms with Crippen LogP contribution in [0.3, 0.4) is 0 Å². The molecule has 0 spiro atoms. The number of rotatable bonds is 3. The Labute approximate surface area is 86.2 Å². The van der Waals surface area contributed by atoms with E-state index in [0.717, 1.165) is 10.5 Å². The lowest BCUT2D eigenvalue weighted by atomic mass is 9.85. The lowest BCUT2D eigenvalue weighted by Crippen LogP contribution is -2.09. The first-order chi connectivity index (χ1) is 5.79. The van der Waals surface area contributed by atoms with Crippen LogP contribution in [0.4, 0.5) is 0 Å². The molecule has 0 fully saturated rings. The van der Waals surface area contributed by atoms with Gasteiger partial charge in [0.05, 0.1) is 0 Å². The van der Waals surface area contributed by atoms with Gasteiger partial charge in [-0.25, -0.2) is 0 Å². The van der Waals surface area contributed by atoms with Gasteiger partial charge in [0.25, 0.3) is 0 Å². The van der Waals surface area contributed by atoms with Gasteiger partial charge in [0.15, 0.2) is 0 Å². The van der Waals surface area contributed by atoms with Gasteiger partial charge in [0.2, 0.25) is 0 Å². The highest BCUT2D eigenvalue weighted by molar-refractivity contribution is 7.84. The molecular weight excluding hydrogens is 178 g/mol. The molecule has 1 nitrogen and oxygen atoms in total. The molecule has 0 bridgehead atoms. The summed E-state index contributed by atoms with van der Waals surface area (Å²) in [4.78, 5) is 0.732. The van der Waals surface area contributed by atoms with Gasteiger partial charge in [-0.15, -0.1) is 12.6 Å². The molecule has 0 saturated carbocycles. The Morgan fingerprint density at radius 2 is 1.77 bits per heavy atom. The Morgan fingerprint density at radius 3 is 2.00 bits per heavy atom. The van der Waals surface area contributed by atoms with Crippen LogP contribution in [0.25, 0.3) is 0 Å². The van der Waals surface area contributed by atoms with Crippen LogP contribution in [0.1, 0.15) is 20.8 Å². The third kappa shape index (κ3) is 4.13. The van der Waals surface area contributed by atoms with E-state index in [2.05, 4.69) is 46.6 Å². The summed E-state index contributed by atoms with van der Waals surface area (Å²) in [6, 6.07) is 0. The summed E-state index contributed by atoms with van der Waals surface area (Å²) in [5, 5.41) is 7.02. The molecule has 0 aliphatic rings. The molecule has 2 heteroatoms. The zero-order valence-corrected chi connectivity index (χ0v) is 9.41. The summed E-state index contributed by atoms with van der Waals surface area (Å²) in [5.41, 5.74) is 1.68. The van der Waals surface area contributed by atoms with E-state index in [1.54, 1.807) is 0 Å². The standard InChI is InChI=1S/C11H17NS/c1-8(7-12)6-10(9(2)13)11(3,4)5/h6-7,12-13H,1-2H2,3-5H3/b10-6+,12-7?. The fourth-order valence-corrected chi connectivity index (χ4v) is 1.36. The smallest absolute Gasteiger partial charge is 0.0244 e. The quantitative estimate of drug-likeness (QED) is 0.390. The molecule has 0 aromatic heterocycles. The van der Waals surface area contributed by atoms with Crippen molar-refractivity contribution in [3.63, 3.8) is 0 Å². The molecule has 0 radical (unpaired) electrons. The van der Waals surface area contributed by atoms with Gasteiger partial charge in [-0.05, 0) is 22.6 Å². The van der Waals surface area contributed by atoms with Gasteiger partial charge in [0, 0.05) is 11.1 Å². The Morgan fingerprint density at radius 1 is 1.31 bits per heavy atom. The van der Waals surface area contributed by atoms with E-state index < -0.39 is 0 Å². The lowest BCUT2D eigenvalue weighted by Gasteiger charge is -2.22. The predicted octanol–water partition coefficient (Wildman–Crippen LogP) is 3.61. The zero-order chi connectivity index (χ0) is 10.6. The molecule has 0 unspecified atom stereocenters. The van der Waals surface area contributed by atoms with Crippen molar-refractivity contribution in [3.8, 4) is 0 Å². The van der Waals surface area contributed by atoms with Crippen molar-refractivity contribution in [2.75, 3.05) is 0 Å². The second-order valence-electron chi connectivity index (χ2n) is 3.97. The highest BCUT2D eigenvalue weighted by atomic mass is 32.1. The molecule has 0 saturated heterocycles. The van der Waals surface area contributed by atoms with Crippen LogP contribution in [0.5, 0.6) is 0 Å². The van der Waals surface area contributed by atoms with Crippen molar-refractivity contribution in [2.24, 2.45) is 5.41 Å². The van der Waals surface area contributed by atoms with Crippen LogP contribution in [0.2, 0.25) is 0 Å². The normalized spacial score (nSPS) is 12.5. The maximum absolute atomic E-state index is 7.02. The minimum Gasteiger partial charge on any atom is -0.308 e. The van der Waals surface area contributed by atoms with Crippen LogP contribution < -0.4 is 0 Å². The predicted molar refractivity (Wildman–Crippen MR) is 63.6 cm³/mol. The number of hydrogen-bond acceptors (Lipinski definition) is 2. The average Bonchev–Trinajstić information content (AvgIpc) is 1.96. The van der Waals surface area contributed by atoms with E-state index in [1.165, 1.54) is 6.21 Å². The number of hydrogen-bond donors (Lipinski definition) is 2. The number of thiol groups is 1. The third-order valence-corrected chi connectivity index (χ3v) is 1.87. The zero-order valence-electron chi connectivity index (χ0n) is 8.52. The van der Waals surface area contributed by atoms with E-state index in [0.29, 0.717) is 5.57 Å². The van der Waals surface area contributed by atoms with E-state index in [9.17, 15) is 0 Å². The fourth-order valence-electron chi connectivity index (χ4n) is 0.960. The van der Waals surface area contributed by atoms with Gasteiger partial charge in [-0.2, -0.15) is 0 Å². The molecule has 0 aliphatic carbocycles. The summed E-state index contributed by atoms with van der Waals surface area (Å²) in [6.45, 7) is 13.7. The first-order valence-corrected chi connectivity index (χ1v) is 4.53. The molecule has 0 rings (SSSR count). The molecule has 0 heterocycles. The van der Waals surface area contributed by atoms with Crippen molar-refractivity contribution < 1.29 is 0 Å². The van der Waals surface area contributed by atoms with Crippen molar-refractivity contribution in [1.82, 2.24) is 0 Å². The summed E-state index contributed by atoms with van der Waals surface area (Å²) in [7, 11) is 0. The highest BCUT2D eigenvalue weighted by Gasteiger charge is 2.17. The van der Waals surface area contributed by atoms with E-state index in [-0.39, 0.29) is 5.41 Å². The van der Waals surface area contributed by atoms with Crippen molar-refractivity contribution in [1.29, 1.82) is 5.41 Å². The lowest BCUT2D eigenvalue weighted by molar-refractivity contribution is 0.515. The van der Waals surface area contributed by atoms with Crippen molar-refractivity contribution >= 4 is 18.8 Å². The maximum atomic E-state index is 7.02. The Hall–Kier alpha value is -0.760. The van der Waals surface area contributed by atoms with E-state index >= 15 is 0 Å². The van der Waals surface area contributed by atoms with Gasteiger partial charge >= 0.3 is 0 Å². The first-order valence-electron chi connectivity index (χ1n) is 4.09. The minimum absolute atomic E-state index is 0.00914. The second-order valence-corrected chi connectivity index (χ2v) is 4.51. The van der Waals surface area contributed by atoms with E-state index in [1.807, 2.05) is 6.08 Å². The first kappa shape index (κ1) is 12.2. The molecule has 0 aromatic rings. The highest BCUT2D eigenvalue weighted by Crippen LogP contribution is 2.32. The van der Waals surface area contributed by atoms with Crippen molar-refractivity contribution in [3.05, 3.63) is 35.3 Å². The SMILES string of the molecule is C=C(C=N)/C=C(\C(=C)S)C(C)(C)C. The number of allylic oxidation sites excluding steroid dienone is 3. The average molecular weight is 195 g/mol. The maximum Gasteiger partial charge on any atom is 0.0244 e. The summed E-state index contributed by atoms with van der Waals surface area (Å²) in [5.74, 6) is 0. The van der Waals surface area contributed by atoms with E-state index in [4.69, 9.17) is 5.41 Å². The molecule has 0 aliphatic heterocycles. The Kier molecular flexibility index (Phi) is 4.21. The largest absolute Gasteiger partial charge is 0.308 e. The van der Waals surface area contributed by atoms with Gasteiger partial charge in [-0.3, -0.25) is 0 Å². The summed E-state index contributed by atoms with van der Waals surface area (Å²) >= 11 is 4.22. The van der Waals surface area contributed by atoms with Crippen LogP contribution >= 0.6 is 12.6 Å². The molecule has 1 N–H and O–H groups in total. The van der Waals surface area contributed by atoms with Gasteiger partial charge in [-0.1, -0.05) is 33.9 Å². The summed E-state index contributed by atoms with van der Waals surface area (Å²) < 4.78 is 0. The fraction of sp³-hybridized carbons (Fsp3) is 0.364. The molecule has 0 atom stereocenters. The summed E-state index contributed by atoms with van der Waals surface area (Å²) in [6.07, 6.45) is 3.07. The third-order valence-electron chi connectivity index (χ3n) is 1.63. The van der Waals surface area contributed by atoms with Crippen LogP contribution in [0, 0.1) is 10.8 Å². The molecular formula is C11H17NS. The Balaban J connectivity index is 5.04. The Bertz CT molecular complexity index is 266. The van der Waals surface area contributed by atoms with Gasteiger partial charge < -0.3 is 5.41 Å². The van der Waals surface area contributed by atoms with Crippen LogP contribution in [-0.4, -0.2) is 6.21 Å². The van der Waals surface area contributed by atoms with Crippen LogP contribution in [-0.2, 0) is 0 Å². The topological polar surface area (TPSA) is 23.9 Å². The van der Waals surface area contributed by atoms with Gasteiger partial charge in [0.1, 0.15) is 0 Å². The molecule has 13 heavy (non-hydrogen) atoms. The molecule has 72 valence electrons. The number of nitrogens with one attached hydrogen (secondary N) is 1. The minimum atomic E-state index is -0.00914.